The average molecular weight is 419 g/mol. The first kappa shape index (κ1) is 21.0. The van der Waals surface area contributed by atoms with Crippen LogP contribution in [0.1, 0.15) is 24.2 Å². The molecule has 1 aromatic heterocycles. The van der Waals surface area contributed by atoms with Crippen LogP contribution in [0.3, 0.4) is 0 Å². The van der Waals surface area contributed by atoms with Crippen LogP contribution in [-0.4, -0.2) is 39.5 Å². The molecule has 0 saturated heterocycles. The average Bonchev–Trinajstić information content (AvgIpc) is 2.98. The minimum absolute atomic E-state index is 0.00440. The van der Waals surface area contributed by atoms with Gasteiger partial charge in [-0.25, -0.2) is 9.59 Å². The maximum Gasteiger partial charge on any atom is 0.338 e. The zero-order chi connectivity index (χ0) is 21.0. The Kier molecular flexibility index (Phi) is 6.61. The molecule has 0 aliphatic heterocycles. The van der Waals surface area contributed by atoms with Gasteiger partial charge in [-0.1, -0.05) is 11.6 Å². The van der Waals surface area contributed by atoms with E-state index in [1.54, 1.807) is 54.0 Å². The first-order chi connectivity index (χ1) is 13.9. The third-order valence-electron chi connectivity index (χ3n) is 4.50. The number of nitrogens with zero attached hydrogens (tertiary/aromatic N) is 2. The summed E-state index contributed by atoms with van der Waals surface area (Å²) in [5.41, 5.74) is 1.35. The summed E-state index contributed by atoms with van der Waals surface area (Å²) in [6, 6.07) is 11.8. The van der Waals surface area contributed by atoms with E-state index in [2.05, 4.69) is 0 Å². The Balaban J connectivity index is 1.85. The fourth-order valence-corrected chi connectivity index (χ4v) is 3.26. The van der Waals surface area contributed by atoms with E-state index in [0.717, 1.165) is 0 Å². The highest BCUT2D eigenvalue weighted by atomic mass is 35.5. The van der Waals surface area contributed by atoms with E-state index in [1.165, 1.54) is 4.57 Å². The molecule has 0 fully saturated rings. The Morgan fingerprint density at radius 3 is 2.48 bits per heavy atom. The van der Waals surface area contributed by atoms with Crippen molar-refractivity contribution in [2.24, 2.45) is 0 Å². The second kappa shape index (κ2) is 9.15. The van der Waals surface area contributed by atoms with Gasteiger partial charge in [-0.2, -0.15) is 0 Å². The number of carbonyl (C=O) groups excluding carboxylic acids is 1. The molecule has 8 heteroatoms. The van der Waals surface area contributed by atoms with Crippen molar-refractivity contribution in [2.45, 2.75) is 33.0 Å². The predicted molar refractivity (Wildman–Crippen MR) is 111 cm³/mol. The number of fused-ring (bicyclic) bond motifs is 1. The van der Waals surface area contributed by atoms with Gasteiger partial charge in [0.1, 0.15) is 18.5 Å². The highest BCUT2D eigenvalue weighted by molar-refractivity contribution is 6.30. The molecule has 1 N–H and O–H groups in total. The maximum absolute atomic E-state index is 12.8. The lowest BCUT2D eigenvalue weighted by Gasteiger charge is -2.13. The lowest BCUT2D eigenvalue weighted by Crippen LogP contribution is -2.31. The van der Waals surface area contributed by atoms with Crippen molar-refractivity contribution in [3.05, 3.63) is 63.5 Å². The maximum atomic E-state index is 12.8. The third-order valence-corrected chi connectivity index (χ3v) is 4.75. The van der Waals surface area contributed by atoms with Crippen LogP contribution in [0.15, 0.2) is 47.3 Å². The number of aryl methyl sites for hydroxylation is 1. The normalized spacial score (nSPS) is 12.1. The summed E-state index contributed by atoms with van der Waals surface area (Å²) >= 11 is 5.85. The number of aromatic nitrogens is 2. The van der Waals surface area contributed by atoms with Gasteiger partial charge in [0.2, 0.25) is 0 Å². The van der Waals surface area contributed by atoms with Gasteiger partial charge in [0.25, 0.3) is 0 Å². The first-order valence-electron chi connectivity index (χ1n) is 9.41. The van der Waals surface area contributed by atoms with Crippen LogP contribution in [0.25, 0.3) is 11.0 Å². The minimum atomic E-state index is -0.925. The number of ether oxygens (including phenoxy) is 2. The van der Waals surface area contributed by atoms with E-state index in [0.29, 0.717) is 33.9 Å². The molecule has 0 radical (unpaired) electrons. The van der Waals surface area contributed by atoms with Crippen molar-refractivity contribution in [1.82, 2.24) is 9.13 Å². The van der Waals surface area contributed by atoms with Crippen LogP contribution < -0.4 is 10.4 Å². The zero-order valence-corrected chi connectivity index (χ0v) is 17.1. The van der Waals surface area contributed by atoms with Crippen LogP contribution >= 0.6 is 11.6 Å². The van der Waals surface area contributed by atoms with E-state index in [9.17, 15) is 14.7 Å². The number of hydrogen-bond acceptors (Lipinski definition) is 5. The zero-order valence-electron chi connectivity index (χ0n) is 16.3. The molecular formula is C21H23ClN2O5. The van der Waals surface area contributed by atoms with Crippen molar-refractivity contribution in [3.63, 3.8) is 0 Å². The minimum Gasteiger partial charge on any atom is -0.491 e. The Hall–Kier alpha value is -2.77. The van der Waals surface area contributed by atoms with Crippen molar-refractivity contribution < 1.29 is 19.4 Å². The lowest BCUT2D eigenvalue weighted by atomic mass is 10.2. The Morgan fingerprint density at radius 1 is 1.10 bits per heavy atom. The topological polar surface area (TPSA) is 82.7 Å². The number of carbonyl (C=O) groups is 1. The smallest absolute Gasteiger partial charge is 0.338 e. The summed E-state index contributed by atoms with van der Waals surface area (Å²) in [4.78, 5) is 24.9. The van der Waals surface area contributed by atoms with Crippen LogP contribution in [0, 0.1) is 0 Å². The number of imidazole rings is 1. The molecule has 1 atom stereocenters. The second-order valence-corrected chi connectivity index (χ2v) is 6.92. The van der Waals surface area contributed by atoms with Crippen LogP contribution in [0.2, 0.25) is 5.02 Å². The van der Waals surface area contributed by atoms with Gasteiger partial charge in [-0.05, 0) is 56.3 Å². The van der Waals surface area contributed by atoms with E-state index in [4.69, 9.17) is 21.1 Å². The largest absolute Gasteiger partial charge is 0.491 e. The molecule has 2 aromatic carbocycles. The lowest BCUT2D eigenvalue weighted by molar-refractivity contribution is 0.0526. The molecule has 0 bridgehead atoms. The number of hydrogen-bond donors (Lipinski definition) is 1. The molecule has 0 spiro atoms. The molecule has 3 rings (SSSR count). The molecule has 29 heavy (non-hydrogen) atoms. The van der Waals surface area contributed by atoms with Crippen molar-refractivity contribution in [3.8, 4) is 5.75 Å². The van der Waals surface area contributed by atoms with Crippen LogP contribution in [0.5, 0.6) is 5.75 Å². The SMILES string of the molecule is CCOC(=O)c1ccc2c(c1)n(CC(O)COc1ccc(Cl)cc1)c(=O)n2CC. The number of benzene rings is 2. The molecule has 7 nitrogen and oxygen atoms in total. The highest BCUT2D eigenvalue weighted by Crippen LogP contribution is 2.18. The standard InChI is InChI=1S/C21H23ClN2O5/c1-3-23-18-10-5-14(20(26)28-4-2)11-19(18)24(21(23)27)12-16(25)13-29-17-8-6-15(22)7-9-17/h5-11,16,25H,3-4,12-13H2,1-2H3. The molecule has 0 aliphatic rings. The summed E-state index contributed by atoms with van der Waals surface area (Å²) in [5, 5.41) is 11.0. The summed E-state index contributed by atoms with van der Waals surface area (Å²) in [7, 11) is 0. The quantitative estimate of drug-likeness (QED) is 0.568. The van der Waals surface area contributed by atoms with Gasteiger partial charge in [0, 0.05) is 11.6 Å². The van der Waals surface area contributed by atoms with Gasteiger partial charge in [0.15, 0.2) is 0 Å². The van der Waals surface area contributed by atoms with Crippen molar-refractivity contribution >= 4 is 28.6 Å². The van der Waals surface area contributed by atoms with E-state index >= 15 is 0 Å². The van der Waals surface area contributed by atoms with Gasteiger partial charge >= 0.3 is 11.7 Å². The first-order valence-corrected chi connectivity index (χ1v) is 9.79. The molecule has 0 amide bonds. The Labute approximate surface area is 173 Å². The second-order valence-electron chi connectivity index (χ2n) is 6.48. The monoisotopic (exact) mass is 418 g/mol. The van der Waals surface area contributed by atoms with Gasteiger partial charge in [-0.3, -0.25) is 9.13 Å². The van der Waals surface area contributed by atoms with E-state index < -0.39 is 12.1 Å². The summed E-state index contributed by atoms with van der Waals surface area (Å²) < 4.78 is 13.7. The third kappa shape index (κ3) is 4.63. The fraction of sp³-hybridized carbons (Fsp3) is 0.333. The van der Waals surface area contributed by atoms with E-state index in [1.807, 2.05) is 6.92 Å². The predicted octanol–water partition coefficient (Wildman–Crippen LogP) is 3.09. The van der Waals surface area contributed by atoms with Gasteiger partial charge < -0.3 is 14.6 Å². The van der Waals surface area contributed by atoms with E-state index in [-0.39, 0.29) is 25.4 Å². The van der Waals surface area contributed by atoms with Crippen molar-refractivity contribution in [2.75, 3.05) is 13.2 Å². The number of aliphatic hydroxyl groups is 1. The highest BCUT2D eigenvalue weighted by Gasteiger charge is 2.18. The number of esters is 1. The van der Waals surface area contributed by atoms with Gasteiger partial charge in [-0.15, -0.1) is 0 Å². The van der Waals surface area contributed by atoms with Crippen LogP contribution in [-0.2, 0) is 17.8 Å². The molecule has 154 valence electrons. The summed E-state index contributed by atoms with van der Waals surface area (Å²) in [6.07, 6.45) is -0.925. The number of aliphatic hydroxyl groups excluding tert-OH is 1. The molecule has 3 aromatic rings. The molecule has 0 saturated carbocycles. The molecular weight excluding hydrogens is 396 g/mol. The van der Waals surface area contributed by atoms with Crippen molar-refractivity contribution in [1.29, 1.82) is 0 Å². The Bertz CT molecular complexity index is 1060. The van der Waals surface area contributed by atoms with Gasteiger partial charge in [0.05, 0.1) is 29.7 Å². The van der Waals surface area contributed by atoms with Crippen LogP contribution in [0.4, 0.5) is 0 Å². The number of halogens is 1. The number of rotatable bonds is 8. The molecule has 1 heterocycles. The fourth-order valence-electron chi connectivity index (χ4n) is 3.13. The molecule has 1 unspecified atom stereocenters. The summed E-state index contributed by atoms with van der Waals surface area (Å²) in [6.45, 7) is 4.37. The Morgan fingerprint density at radius 2 is 1.83 bits per heavy atom. The summed E-state index contributed by atoms with van der Waals surface area (Å²) in [5.74, 6) is 0.116. The molecule has 0 aliphatic carbocycles.